The van der Waals surface area contributed by atoms with Crippen LogP contribution in [-0.2, 0) is 9.40 Å². The molecule has 0 aliphatic heterocycles. The smallest absolute Gasteiger partial charge is 0.801 e. The van der Waals surface area contributed by atoms with Gasteiger partial charge in [-0.15, -0.1) is 0 Å². The second-order valence-corrected chi connectivity index (χ2v) is 2.89. The second-order valence-electron chi connectivity index (χ2n) is 1.79. The third-order valence-electron chi connectivity index (χ3n) is 0.750. The van der Waals surface area contributed by atoms with E-state index in [9.17, 15) is 9.46 Å². The van der Waals surface area contributed by atoms with Gasteiger partial charge >= 0.3 is 29.6 Å². The Labute approximate surface area is 89.2 Å². The van der Waals surface area contributed by atoms with E-state index in [1.807, 2.05) is 0 Å². The van der Waals surface area contributed by atoms with Crippen LogP contribution in [0.4, 0.5) is 0 Å². The minimum atomic E-state index is -2.67. The molecule has 0 radical (unpaired) electrons. The molecule has 0 aliphatic rings. The molecule has 0 bridgehead atoms. The third kappa shape index (κ3) is 10.7. The molecule has 0 saturated heterocycles. The Hall–Kier alpha value is 0.660. The molecule has 0 rings (SSSR count). The molecular formula is C5H11NNaO3P. The van der Waals surface area contributed by atoms with Crippen molar-refractivity contribution in [2.45, 2.75) is 13.8 Å². The molecule has 0 amide bonds. The summed E-state index contributed by atoms with van der Waals surface area (Å²) in [6.45, 7) is 3.88. The van der Waals surface area contributed by atoms with Gasteiger partial charge in [-0.25, -0.2) is 0 Å². The van der Waals surface area contributed by atoms with Crippen molar-refractivity contribution in [3.63, 3.8) is 0 Å². The SMILES string of the molecule is CCON=C(C)C[PH](=O)[O-].[Na+]. The Kier molecular flexibility index (Phi) is 11.3. The number of hydrogen-bond donors (Lipinski definition) is 0. The van der Waals surface area contributed by atoms with Crippen molar-refractivity contribution in [2.75, 3.05) is 12.8 Å². The van der Waals surface area contributed by atoms with Gasteiger partial charge in [0.1, 0.15) is 6.61 Å². The van der Waals surface area contributed by atoms with Crippen LogP contribution >= 0.6 is 8.03 Å². The van der Waals surface area contributed by atoms with Gasteiger partial charge in [0.2, 0.25) is 0 Å². The van der Waals surface area contributed by atoms with Gasteiger partial charge in [0.15, 0.2) is 0 Å². The van der Waals surface area contributed by atoms with Crippen molar-refractivity contribution in [1.29, 1.82) is 0 Å². The van der Waals surface area contributed by atoms with Gasteiger partial charge < -0.3 is 14.3 Å². The molecule has 0 spiro atoms. The molecule has 0 N–H and O–H groups in total. The summed E-state index contributed by atoms with van der Waals surface area (Å²) in [7, 11) is -2.67. The summed E-state index contributed by atoms with van der Waals surface area (Å²) in [6, 6.07) is 0. The van der Waals surface area contributed by atoms with Gasteiger partial charge in [-0.3, -0.25) is 0 Å². The molecule has 0 aliphatic carbocycles. The van der Waals surface area contributed by atoms with Crippen LogP contribution in [0, 0.1) is 0 Å². The van der Waals surface area contributed by atoms with Crippen LogP contribution in [0.3, 0.4) is 0 Å². The third-order valence-corrected chi connectivity index (χ3v) is 1.55. The average molecular weight is 187 g/mol. The Bertz CT molecular complexity index is 151. The minimum absolute atomic E-state index is 0. The summed E-state index contributed by atoms with van der Waals surface area (Å²) in [5, 5.41) is 3.52. The summed E-state index contributed by atoms with van der Waals surface area (Å²) in [4.78, 5) is 14.7. The van der Waals surface area contributed by atoms with Crippen LogP contribution in [0.15, 0.2) is 5.16 Å². The fourth-order valence-corrected chi connectivity index (χ4v) is 0.898. The fourth-order valence-electron chi connectivity index (χ4n) is 0.416. The van der Waals surface area contributed by atoms with Gasteiger partial charge in [-0.2, -0.15) is 0 Å². The molecule has 0 saturated carbocycles. The Morgan fingerprint density at radius 3 is 2.64 bits per heavy atom. The molecule has 0 aromatic heterocycles. The van der Waals surface area contributed by atoms with Crippen molar-refractivity contribution in [1.82, 2.24) is 0 Å². The molecule has 60 valence electrons. The largest absolute Gasteiger partial charge is 1.00 e. The Balaban J connectivity index is 0. The van der Waals surface area contributed by atoms with E-state index < -0.39 is 8.03 Å². The number of hydrogen-bond acceptors (Lipinski definition) is 4. The van der Waals surface area contributed by atoms with Gasteiger partial charge in [0, 0.05) is 14.2 Å². The molecule has 0 aromatic carbocycles. The van der Waals surface area contributed by atoms with E-state index in [0.29, 0.717) is 12.3 Å². The number of nitrogens with zero attached hydrogens (tertiary/aromatic N) is 1. The van der Waals surface area contributed by atoms with Crippen LogP contribution in [0.25, 0.3) is 0 Å². The maximum Gasteiger partial charge on any atom is 1.00 e. The minimum Gasteiger partial charge on any atom is -0.801 e. The van der Waals surface area contributed by atoms with Crippen molar-refractivity contribution >= 4 is 13.7 Å². The van der Waals surface area contributed by atoms with Crippen LogP contribution in [0.2, 0.25) is 0 Å². The summed E-state index contributed by atoms with van der Waals surface area (Å²) in [6.07, 6.45) is 0.0185. The first kappa shape index (κ1) is 14.2. The molecule has 6 heteroatoms. The van der Waals surface area contributed by atoms with E-state index in [-0.39, 0.29) is 35.7 Å². The predicted octanol–water partition coefficient (Wildman–Crippen LogP) is -2.76. The molecule has 1 atom stereocenters. The normalized spacial score (nSPS) is 13.5. The molecule has 11 heavy (non-hydrogen) atoms. The van der Waals surface area contributed by atoms with Crippen LogP contribution in [0.5, 0.6) is 0 Å². The molecule has 0 aromatic rings. The van der Waals surface area contributed by atoms with Crippen LogP contribution < -0.4 is 34.5 Å². The van der Waals surface area contributed by atoms with E-state index in [1.54, 1.807) is 13.8 Å². The molecule has 4 nitrogen and oxygen atoms in total. The van der Waals surface area contributed by atoms with Gasteiger partial charge in [0.25, 0.3) is 0 Å². The van der Waals surface area contributed by atoms with Gasteiger partial charge in [-0.1, -0.05) is 5.16 Å². The van der Waals surface area contributed by atoms with Gasteiger partial charge in [-0.05, 0) is 13.8 Å². The summed E-state index contributed by atoms with van der Waals surface area (Å²) >= 11 is 0. The van der Waals surface area contributed by atoms with E-state index in [1.165, 1.54) is 0 Å². The van der Waals surface area contributed by atoms with Crippen molar-refractivity contribution in [3.05, 3.63) is 0 Å². The first-order chi connectivity index (χ1) is 4.66. The topological polar surface area (TPSA) is 61.7 Å². The standard InChI is InChI=1S/C5H12NO3P.Na/c1-3-9-6-5(2)4-10(7)8;/h10H,3-4H2,1-2H3,(H,7,8);/q;+1/p-1. The fraction of sp³-hybridized carbons (Fsp3) is 0.800. The van der Waals surface area contributed by atoms with E-state index in [2.05, 4.69) is 9.99 Å². The zero-order chi connectivity index (χ0) is 7.98. The maximum atomic E-state index is 10.1. The zero-order valence-corrected chi connectivity index (χ0v) is 10.1. The molecular weight excluding hydrogens is 176 g/mol. The zero-order valence-electron chi connectivity index (χ0n) is 7.09. The van der Waals surface area contributed by atoms with Crippen LogP contribution in [-0.4, -0.2) is 18.5 Å². The molecule has 1 unspecified atom stereocenters. The monoisotopic (exact) mass is 187 g/mol. The number of oxime groups is 1. The van der Waals surface area contributed by atoms with Crippen molar-refractivity contribution in [2.24, 2.45) is 5.16 Å². The quantitative estimate of drug-likeness (QED) is 0.207. The van der Waals surface area contributed by atoms with Crippen molar-refractivity contribution in [3.8, 4) is 0 Å². The Morgan fingerprint density at radius 1 is 1.73 bits per heavy atom. The summed E-state index contributed by atoms with van der Waals surface area (Å²) < 4.78 is 10.1. The van der Waals surface area contributed by atoms with Crippen molar-refractivity contribution < 1.29 is 43.9 Å². The predicted molar refractivity (Wildman–Crippen MR) is 38.6 cm³/mol. The second kappa shape index (κ2) is 8.75. The van der Waals surface area contributed by atoms with Crippen LogP contribution in [0.1, 0.15) is 13.8 Å². The molecule has 0 heterocycles. The first-order valence-corrected chi connectivity index (χ1v) is 4.54. The van der Waals surface area contributed by atoms with E-state index >= 15 is 0 Å². The Morgan fingerprint density at radius 2 is 2.27 bits per heavy atom. The molecule has 0 fully saturated rings. The average Bonchev–Trinajstić information content (AvgIpc) is 1.82. The van der Waals surface area contributed by atoms with Gasteiger partial charge in [0.05, 0.1) is 5.71 Å². The summed E-state index contributed by atoms with van der Waals surface area (Å²) in [5.41, 5.74) is 0.501. The van der Waals surface area contributed by atoms with E-state index in [0.717, 1.165) is 0 Å². The summed E-state index contributed by atoms with van der Waals surface area (Å²) in [5.74, 6) is 0. The maximum absolute atomic E-state index is 10.1. The first-order valence-electron chi connectivity index (χ1n) is 3.02. The number of rotatable bonds is 4. The van der Waals surface area contributed by atoms with E-state index in [4.69, 9.17) is 0 Å².